The second-order valence-electron chi connectivity index (χ2n) is 4.57. The zero-order chi connectivity index (χ0) is 11.9. The number of nitrogens with one attached hydrogen (secondary N) is 1. The Morgan fingerprint density at radius 2 is 1.73 bits per heavy atom. The van der Waals surface area contributed by atoms with Crippen molar-refractivity contribution in [2.45, 2.75) is 59.8 Å². The van der Waals surface area contributed by atoms with Gasteiger partial charge in [-0.3, -0.25) is 14.9 Å². The largest absolute Gasteiger partial charge is 0.296 e. The van der Waals surface area contributed by atoms with Crippen molar-refractivity contribution in [3.63, 3.8) is 0 Å². The predicted octanol–water partition coefficient (Wildman–Crippen LogP) is 2.65. The minimum atomic E-state index is -0.431. The monoisotopic (exact) mass is 213 g/mol. The van der Waals surface area contributed by atoms with Crippen LogP contribution in [0.5, 0.6) is 0 Å². The smallest absolute Gasteiger partial charge is 0.232 e. The Labute approximate surface area is 92.6 Å². The zero-order valence-corrected chi connectivity index (χ0v) is 10.4. The summed E-state index contributed by atoms with van der Waals surface area (Å²) in [5.41, 5.74) is -0.431. The van der Waals surface area contributed by atoms with Crippen LogP contribution in [0, 0.1) is 5.41 Å². The molecule has 0 saturated heterocycles. The average molecular weight is 213 g/mol. The summed E-state index contributed by atoms with van der Waals surface area (Å²) in [6, 6.07) is 0. The summed E-state index contributed by atoms with van der Waals surface area (Å²) < 4.78 is 0. The van der Waals surface area contributed by atoms with E-state index in [2.05, 4.69) is 12.2 Å². The minimum absolute atomic E-state index is 0.148. The van der Waals surface area contributed by atoms with Gasteiger partial charge in [0.15, 0.2) is 0 Å². The molecule has 0 unspecified atom stereocenters. The number of carbonyl (C=O) groups is 2. The highest BCUT2D eigenvalue weighted by molar-refractivity contribution is 5.97. The number of rotatable bonds is 6. The molecule has 0 aromatic carbocycles. The maximum atomic E-state index is 11.7. The van der Waals surface area contributed by atoms with Crippen molar-refractivity contribution in [1.29, 1.82) is 0 Å². The Balaban J connectivity index is 4.07. The van der Waals surface area contributed by atoms with Crippen molar-refractivity contribution >= 4 is 11.8 Å². The third kappa shape index (κ3) is 5.55. The van der Waals surface area contributed by atoms with E-state index < -0.39 is 5.41 Å². The van der Waals surface area contributed by atoms with Crippen LogP contribution in [0.3, 0.4) is 0 Å². The van der Waals surface area contributed by atoms with Gasteiger partial charge in [-0.05, 0) is 6.42 Å². The lowest BCUT2D eigenvalue weighted by atomic mass is 9.86. The molecule has 15 heavy (non-hydrogen) atoms. The second-order valence-corrected chi connectivity index (χ2v) is 4.57. The molecule has 0 rings (SSSR count). The van der Waals surface area contributed by atoms with Crippen LogP contribution in [0.2, 0.25) is 0 Å². The molecule has 0 aliphatic carbocycles. The van der Waals surface area contributed by atoms with E-state index in [-0.39, 0.29) is 11.8 Å². The number of hydrogen-bond donors (Lipinski definition) is 1. The first kappa shape index (κ1) is 14.1. The van der Waals surface area contributed by atoms with Crippen molar-refractivity contribution in [1.82, 2.24) is 5.32 Å². The van der Waals surface area contributed by atoms with E-state index in [1.165, 1.54) is 0 Å². The van der Waals surface area contributed by atoms with E-state index >= 15 is 0 Å². The SMILES string of the molecule is CCCCCC(C)(C)C(=O)NC(=O)CC. The summed E-state index contributed by atoms with van der Waals surface area (Å²) in [6.45, 7) is 7.66. The molecule has 3 nitrogen and oxygen atoms in total. The lowest BCUT2D eigenvalue weighted by molar-refractivity contribution is -0.136. The number of amides is 2. The maximum absolute atomic E-state index is 11.7. The van der Waals surface area contributed by atoms with Gasteiger partial charge in [-0.15, -0.1) is 0 Å². The third-order valence-corrected chi connectivity index (χ3v) is 2.59. The summed E-state index contributed by atoms with van der Waals surface area (Å²) in [4.78, 5) is 22.8. The summed E-state index contributed by atoms with van der Waals surface area (Å²) in [6.07, 6.45) is 4.52. The molecule has 0 aliphatic rings. The van der Waals surface area contributed by atoms with Gasteiger partial charge in [-0.2, -0.15) is 0 Å². The second kappa shape index (κ2) is 6.59. The molecule has 3 heteroatoms. The molecule has 0 bridgehead atoms. The highest BCUT2D eigenvalue weighted by Crippen LogP contribution is 2.23. The highest BCUT2D eigenvalue weighted by Gasteiger charge is 2.27. The average Bonchev–Trinajstić information content (AvgIpc) is 2.17. The van der Waals surface area contributed by atoms with Gasteiger partial charge in [0.2, 0.25) is 11.8 Å². The molecule has 0 aliphatic heterocycles. The standard InChI is InChI=1S/C12H23NO2/c1-5-7-8-9-12(3,4)11(15)13-10(14)6-2/h5-9H2,1-4H3,(H,13,14,15). The van der Waals surface area contributed by atoms with Gasteiger partial charge in [0.25, 0.3) is 0 Å². The molecule has 0 saturated carbocycles. The highest BCUT2D eigenvalue weighted by atomic mass is 16.2. The van der Waals surface area contributed by atoms with Gasteiger partial charge in [0.05, 0.1) is 0 Å². The van der Waals surface area contributed by atoms with E-state index in [9.17, 15) is 9.59 Å². The summed E-state index contributed by atoms with van der Waals surface area (Å²) >= 11 is 0. The van der Waals surface area contributed by atoms with Gasteiger partial charge in [0, 0.05) is 11.8 Å². The van der Waals surface area contributed by atoms with Gasteiger partial charge < -0.3 is 0 Å². The van der Waals surface area contributed by atoms with Crippen LogP contribution in [0.4, 0.5) is 0 Å². The molecule has 0 heterocycles. The maximum Gasteiger partial charge on any atom is 0.232 e. The topological polar surface area (TPSA) is 46.2 Å². The Morgan fingerprint density at radius 1 is 1.13 bits per heavy atom. The number of carbonyl (C=O) groups excluding carboxylic acids is 2. The van der Waals surface area contributed by atoms with Crippen LogP contribution < -0.4 is 5.32 Å². The Hall–Kier alpha value is -0.860. The van der Waals surface area contributed by atoms with Crippen molar-refractivity contribution in [3.05, 3.63) is 0 Å². The number of imide groups is 1. The zero-order valence-electron chi connectivity index (χ0n) is 10.4. The molecule has 0 atom stereocenters. The van der Waals surface area contributed by atoms with Crippen LogP contribution in [0.1, 0.15) is 59.8 Å². The molecule has 0 fully saturated rings. The Kier molecular flexibility index (Phi) is 6.21. The van der Waals surface area contributed by atoms with E-state index in [1.54, 1.807) is 6.92 Å². The lowest BCUT2D eigenvalue weighted by Gasteiger charge is -2.22. The predicted molar refractivity (Wildman–Crippen MR) is 61.4 cm³/mol. The van der Waals surface area contributed by atoms with E-state index in [4.69, 9.17) is 0 Å². The van der Waals surface area contributed by atoms with Gasteiger partial charge in [-0.1, -0.05) is 47.0 Å². The van der Waals surface area contributed by atoms with Crippen LogP contribution in [0.25, 0.3) is 0 Å². The molecule has 0 spiro atoms. The van der Waals surface area contributed by atoms with Crippen LogP contribution in [0.15, 0.2) is 0 Å². The fourth-order valence-corrected chi connectivity index (χ4v) is 1.31. The quantitative estimate of drug-likeness (QED) is 0.689. The Bertz CT molecular complexity index is 222. The third-order valence-electron chi connectivity index (χ3n) is 2.59. The molecule has 1 N–H and O–H groups in total. The van der Waals surface area contributed by atoms with Crippen LogP contribution in [-0.4, -0.2) is 11.8 Å². The minimum Gasteiger partial charge on any atom is -0.296 e. The first-order valence-electron chi connectivity index (χ1n) is 5.78. The first-order chi connectivity index (χ1) is 6.94. The summed E-state index contributed by atoms with van der Waals surface area (Å²) in [5, 5.41) is 2.42. The van der Waals surface area contributed by atoms with Crippen molar-refractivity contribution in [3.8, 4) is 0 Å². The summed E-state index contributed by atoms with van der Waals surface area (Å²) in [5.74, 6) is -0.339. The molecule has 0 aromatic rings. The lowest BCUT2D eigenvalue weighted by Crippen LogP contribution is -2.40. The van der Waals surface area contributed by atoms with E-state index in [0.717, 1.165) is 25.7 Å². The molecular weight excluding hydrogens is 190 g/mol. The first-order valence-corrected chi connectivity index (χ1v) is 5.78. The van der Waals surface area contributed by atoms with Crippen LogP contribution in [-0.2, 0) is 9.59 Å². The number of hydrogen-bond acceptors (Lipinski definition) is 2. The van der Waals surface area contributed by atoms with E-state index in [0.29, 0.717) is 6.42 Å². The van der Waals surface area contributed by atoms with Gasteiger partial charge >= 0.3 is 0 Å². The molecule has 88 valence electrons. The normalized spacial score (nSPS) is 11.2. The molecule has 0 aromatic heterocycles. The van der Waals surface area contributed by atoms with Gasteiger partial charge in [-0.25, -0.2) is 0 Å². The number of unbranched alkanes of at least 4 members (excludes halogenated alkanes) is 2. The van der Waals surface area contributed by atoms with Gasteiger partial charge in [0.1, 0.15) is 0 Å². The van der Waals surface area contributed by atoms with Crippen molar-refractivity contribution in [2.24, 2.45) is 5.41 Å². The van der Waals surface area contributed by atoms with Crippen LogP contribution >= 0.6 is 0 Å². The van der Waals surface area contributed by atoms with E-state index in [1.807, 2.05) is 13.8 Å². The van der Waals surface area contributed by atoms with Crippen molar-refractivity contribution < 1.29 is 9.59 Å². The van der Waals surface area contributed by atoms with Crippen molar-refractivity contribution in [2.75, 3.05) is 0 Å². The summed E-state index contributed by atoms with van der Waals surface area (Å²) in [7, 11) is 0. The fraction of sp³-hybridized carbons (Fsp3) is 0.833. The fourth-order valence-electron chi connectivity index (χ4n) is 1.31. The Morgan fingerprint density at radius 3 is 2.20 bits per heavy atom. The molecule has 0 radical (unpaired) electrons. The molecule has 2 amide bonds. The molecular formula is C12H23NO2.